The number of hydrogen-bond acceptors (Lipinski definition) is 6. The summed E-state index contributed by atoms with van der Waals surface area (Å²) in [6.07, 6.45) is 2.98. The number of furan rings is 1. The predicted octanol–water partition coefficient (Wildman–Crippen LogP) is 3.54. The van der Waals surface area contributed by atoms with E-state index in [-0.39, 0.29) is 18.4 Å². The Kier molecular flexibility index (Phi) is 5.68. The van der Waals surface area contributed by atoms with Gasteiger partial charge in [0.1, 0.15) is 5.75 Å². The topological polar surface area (TPSA) is 90.4 Å². The van der Waals surface area contributed by atoms with Gasteiger partial charge in [-0.3, -0.25) is 4.79 Å². The van der Waals surface area contributed by atoms with Gasteiger partial charge in [-0.25, -0.2) is 0 Å². The van der Waals surface area contributed by atoms with Crippen molar-refractivity contribution in [3.8, 4) is 17.3 Å². The molecule has 7 nitrogen and oxygen atoms in total. The lowest BCUT2D eigenvalue weighted by Crippen LogP contribution is -2.28. The maximum absolute atomic E-state index is 12.3. The Bertz CT molecular complexity index is 825. The van der Waals surface area contributed by atoms with Gasteiger partial charge >= 0.3 is 0 Å². The number of rotatable bonds is 8. The monoisotopic (exact) mass is 355 g/mol. The summed E-state index contributed by atoms with van der Waals surface area (Å²) in [6, 6.07) is 11.2. The van der Waals surface area contributed by atoms with Crippen molar-refractivity contribution in [1.29, 1.82) is 0 Å². The van der Waals surface area contributed by atoms with Crippen LogP contribution >= 0.6 is 0 Å². The lowest BCUT2D eigenvalue weighted by atomic mass is 10.0. The van der Waals surface area contributed by atoms with Crippen LogP contribution in [0.5, 0.6) is 5.75 Å². The van der Waals surface area contributed by atoms with Gasteiger partial charge in [0.2, 0.25) is 17.6 Å². The van der Waals surface area contributed by atoms with Crippen LogP contribution < -0.4 is 10.1 Å². The highest BCUT2D eigenvalue weighted by molar-refractivity contribution is 5.76. The number of amides is 1. The fourth-order valence-electron chi connectivity index (χ4n) is 2.61. The molecule has 1 amide bonds. The summed E-state index contributed by atoms with van der Waals surface area (Å²) >= 11 is 0. The highest BCUT2D eigenvalue weighted by Crippen LogP contribution is 2.20. The molecule has 0 saturated carbocycles. The van der Waals surface area contributed by atoms with E-state index in [0.717, 1.165) is 17.7 Å². The first-order valence-corrected chi connectivity index (χ1v) is 8.49. The number of ether oxygens (including phenoxy) is 1. The zero-order chi connectivity index (χ0) is 18.4. The van der Waals surface area contributed by atoms with Gasteiger partial charge in [0.15, 0.2) is 5.76 Å². The highest BCUT2D eigenvalue weighted by Gasteiger charge is 2.15. The number of nitrogens with one attached hydrogen (secondary N) is 1. The molecule has 7 heteroatoms. The summed E-state index contributed by atoms with van der Waals surface area (Å²) < 4.78 is 15.5. The molecule has 2 heterocycles. The van der Waals surface area contributed by atoms with Crippen molar-refractivity contribution in [3.63, 3.8) is 0 Å². The quantitative estimate of drug-likeness (QED) is 0.665. The third-order valence-corrected chi connectivity index (χ3v) is 4.04. The van der Waals surface area contributed by atoms with Crippen molar-refractivity contribution in [2.24, 2.45) is 0 Å². The van der Waals surface area contributed by atoms with Crippen molar-refractivity contribution in [2.75, 3.05) is 7.11 Å². The summed E-state index contributed by atoms with van der Waals surface area (Å²) in [6.45, 7) is 2.03. The Labute approximate surface area is 151 Å². The molecule has 1 unspecified atom stereocenters. The number of aryl methyl sites for hydroxylation is 1. The van der Waals surface area contributed by atoms with Crippen molar-refractivity contribution >= 4 is 5.91 Å². The standard InChI is InChI=1S/C19H21N3O4/c1-3-15(13-6-8-14(24-2)9-7-13)20-17(23)10-11-18-21-19(22-26-18)16-5-4-12-25-16/h4-9,12,15H,3,10-11H2,1-2H3,(H,20,23). The number of benzene rings is 1. The zero-order valence-corrected chi connectivity index (χ0v) is 14.8. The molecule has 0 aliphatic carbocycles. The van der Waals surface area contributed by atoms with E-state index in [4.69, 9.17) is 13.7 Å². The van der Waals surface area contributed by atoms with E-state index in [1.165, 1.54) is 0 Å². The number of aromatic nitrogens is 2. The maximum Gasteiger partial charge on any atom is 0.238 e. The SMILES string of the molecule is CCC(NC(=O)CCc1nc(-c2ccco2)no1)c1ccc(OC)cc1. The smallest absolute Gasteiger partial charge is 0.238 e. The molecule has 136 valence electrons. The van der Waals surface area contributed by atoms with Crippen LogP contribution in [0.3, 0.4) is 0 Å². The number of hydrogen-bond donors (Lipinski definition) is 1. The Morgan fingerprint density at radius 1 is 1.27 bits per heavy atom. The minimum absolute atomic E-state index is 0.0465. The summed E-state index contributed by atoms with van der Waals surface area (Å²) in [5.74, 6) is 2.05. The maximum atomic E-state index is 12.3. The Balaban J connectivity index is 1.54. The second-order valence-electron chi connectivity index (χ2n) is 5.79. The van der Waals surface area contributed by atoms with Crippen LogP contribution in [-0.4, -0.2) is 23.2 Å². The molecule has 3 rings (SSSR count). The van der Waals surface area contributed by atoms with Gasteiger partial charge in [0.25, 0.3) is 0 Å². The molecule has 3 aromatic rings. The first-order chi connectivity index (χ1) is 12.7. The van der Waals surface area contributed by atoms with E-state index in [9.17, 15) is 4.79 Å². The first-order valence-electron chi connectivity index (χ1n) is 8.49. The molecule has 0 spiro atoms. The lowest BCUT2D eigenvalue weighted by molar-refractivity contribution is -0.121. The fourth-order valence-corrected chi connectivity index (χ4v) is 2.61. The van der Waals surface area contributed by atoms with Gasteiger partial charge < -0.3 is 19.0 Å². The normalized spacial score (nSPS) is 11.9. The van der Waals surface area contributed by atoms with Gasteiger partial charge in [-0.1, -0.05) is 24.2 Å². The number of methoxy groups -OCH3 is 1. The predicted molar refractivity (Wildman–Crippen MR) is 94.5 cm³/mol. The number of carbonyl (C=O) groups excluding carboxylic acids is 1. The highest BCUT2D eigenvalue weighted by atomic mass is 16.5. The number of nitrogens with zero attached hydrogens (tertiary/aromatic N) is 2. The van der Waals surface area contributed by atoms with Crippen molar-refractivity contribution in [3.05, 3.63) is 54.1 Å². The van der Waals surface area contributed by atoms with E-state index in [0.29, 0.717) is 23.9 Å². The summed E-state index contributed by atoms with van der Waals surface area (Å²) in [5.41, 5.74) is 1.04. The molecule has 0 fully saturated rings. The van der Waals surface area contributed by atoms with Gasteiger partial charge in [-0.15, -0.1) is 0 Å². The van der Waals surface area contributed by atoms with Gasteiger partial charge in [-0.05, 0) is 36.2 Å². The molecule has 0 aliphatic heterocycles. The Hall–Kier alpha value is -3.09. The van der Waals surface area contributed by atoms with E-state index >= 15 is 0 Å². The van der Waals surface area contributed by atoms with Crippen LogP contribution in [0.25, 0.3) is 11.6 Å². The molecule has 0 radical (unpaired) electrons. The van der Waals surface area contributed by atoms with Gasteiger partial charge in [0.05, 0.1) is 19.4 Å². The van der Waals surface area contributed by atoms with E-state index < -0.39 is 0 Å². The van der Waals surface area contributed by atoms with Crippen LogP contribution in [0.4, 0.5) is 0 Å². The van der Waals surface area contributed by atoms with Gasteiger partial charge in [0, 0.05) is 12.8 Å². The zero-order valence-electron chi connectivity index (χ0n) is 14.8. The molecule has 1 N–H and O–H groups in total. The van der Waals surface area contributed by atoms with E-state index in [1.54, 1.807) is 25.5 Å². The average molecular weight is 355 g/mol. The second kappa shape index (κ2) is 8.33. The number of carbonyl (C=O) groups is 1. The molecule has 1 atom stereocenters. The van der Waals surface area contributed by atoms with Crippen LogP contribution in [0.15, 0.2) is 51.6 Å². The van der Waals surface area contributed by atoms with E-state index in [2.05, 4.69) is 15.5 Å². The molecular formula is C19H21N3O4. The largest absolute Gasteiger partial charge is 0.497 e. The summed E-state index contributed by atoms with van der Waals surface area (Å²) in [7, 11) is 1.63. The minimum atomic E-state index is -0.0644. The van der Waals surface area contributed by atoms with Gasteiger partial charge in [-0.2, -0.15) is 4.98 Å². The van der Waals surface area contributed by atoms with Crippen LogP contribution in [0.1, 0.15) is 37.3 Å². The molecular weight excluding hydrogens is 334 g/mol. The van der Waals surface area contributed by atoms with Crippen LogP contribution in [0, 0.1) is 0 Å². The van der Waals surface area contributed by atoms with E-state index in [1.807, 2.05) is 31.2 Å². The van der Waals surface area contributed by atoms with Crippen molar-refractivity contribution < 1.29 is 18.5 Å². The Morgan fingerprint density at radius 2 is 2.08 bits per heavy atom. The molecule has 26 heavy (non-hydrogen) atoms. The van der Waals surface area contributed by atoms with Crippen LogP contribution in [-0.2, 0) is 11.2 Å². The summed E-state index contributed by atoms with van der Waals surface area (Å²) in [4.78, 5) is 16.5. The van der Waals surface area contributed by atoms with Crippen molar-refractivity contribution in [2.45, 2.75) is 32.2 Å². The minimum Gasteiger partial charge on any atom is -0.497 e. The average Bonchev–Trinajstić information content (AvgIpc) is 3.36. The summed E-state index contributed by atoms with van der Waals surface area (Å²) in [5, 5.41) is 6.89. The Morgan fingerprint density at radius 3 is 2.73 bits per heavy atom. The molecule has 1 aromatic carbocycles. The lowest BCUT2D eigenvalue weighted by Gasteiger charge is -2.17. The third-order valence-electron chi connectivity index (χ3n) is 4.04. The van der Waals surface area contributed by atoms with Crippen LogP contribution in [0.2, 0.25) is 0 Å². The molecule has 2 aromatic heterocycles. The molecule has 0 bridgehead atoms. The van der Waals surface area contributed by atoms with Crippen molar-refractivity contribution in [1.82, 2.24) is 15.5 Å². The molecule has 0 saturated heterocycles. The third kappa shape index (κ3) is 4.30. The molecule has 0 aliphatic rings. The fraction of sp³-hybridized carbons (Fsp3) is 0.316. The first kappa shape index (κ1) is 17.7. The second-order valence-corrected chi connectivity index (χ2v) is 5.79.